The first-order valence-electron chi connectivity index (χ1n) is 7.46. The molecule has 2 aromatic heterocycles. The molecule has 0 aliphatic carbocycles. The van der Waals surface area contributed by atoms with Gasteiger partial charge < -0.3 is 9.84 Å². The normalized spacial score (nSPS) is 10.6. The Kier molecular flexibility index (Phi) is 4.90. The molecule has 0 spiro atoms. The van der Waals surface area contributed by atoms with Crippen LogP contribution < -0.4 is 5.32 Å². The highest BCUT2D eigenvalue weighted by Gasteiger charge is 2.11. The molecule has 3 rings (SSSR count). The van der Waals surface area contributed by atoms with E-state index in [-0.39, 0.29) is 5.69 Å². The fourth-order valence-corrected chi connectivity index (χ4v) is 2.33. The zero-order valence-electron chi connectivity index (χ0n) is 13.3. The number of anilines is 1. The molecule has 0 fully saturated rings. The third kappa shape index (κ3) is 4.10. The predicted molar refractivity (Wildman–Crippen MR) is 92.6 cm³/mol. The molecule has 0 amide bonds. The SMILES string of the molecule is Cc1cc([N+](=O)[O-])cnc1NCCc1nc(-c2ccc(Cl)cc2)no1. The van der Waals surface area contributed by atoms with E-state index in [0.29, 0.717) is 41.1 Å². The van der Waals surface area contributed by atoms with Gasteiger partial charge in [-0.15, -0.1) is 0 Å². The first kappa shape index (κ1) is 16.8. The average molecular weight is 360 g/mol. The van der Waals surface area contributed by atoms with E-state index in [9.17, 15) is 10.1 Å². The molecule has 0 atom stereocenters. The number of aryl methyl sites for hydroxylation is 1. The fourth-order valence-electron chi connectivity index (χ4n) is 2.21. The van der Waals surface area contributed by atoms with Crippen molar-refractivity contribution >= 4 is 23.1 Å². The Bertz CT molecular complexity index is 895. The van der Waals surface area contributed by atoms with E-state index in [1.807, 2.05) is 12.1 Å². The summed E-state index contributed by atoms with van der Waals surface area (Å²) in [5.41, 5.74) is 1.48. The van der Waals surface area contributed by atoms with Crippen LogP contribution in [0.2, 0.25) is 5.02 Å². The largest absolute Gasteiger partial charge is 0.369 e. The lowest BCUT2D eigenvalue weighted by molar-refractivity contribution is -0.385. The van der Waals surface area contributed by atoms with E-state index in [1.54, 1.807) is 19.1 Å². The second-order valence-electron chi connectivity index (χ2n) is 5.31. The van der Waals surface area contributed by atoms with Crippen LogP contribution in [0.3, 0.4) is 0 Å². The summed E-state index contributed by atoms with van der Waals surface area (Å²) in [5.74, 6) is 1.57. The van der Waals surface area contributed by atoms with Crippen molar-refractivity contribution in [2.45, 2.75) is 13.3 Å². The van der Waals surface area contributed by atoms with Gasteiger partial charge >= 0.3 is 0 Å². The van der Waals surface area contributed by atoms with E-state index >= 15 is 0 Å². The molecule has 1 N–H and O–H groups in total. The molecule has 0 bridgehead atoms. The van der Waals surface area contributed by atoms with Gasteiger partial charge in [0, 0.05) is 29.6 Å². The van der Waals surface area contributed by atoms with Gasteiger partial charge in [0.25, 0.3) is 5.69 Å². The van der Waals surface area contributed by atoms with Crippen LogP contribution in [0.1, 0.15) is 11.5 Å². The number of aromatic nitrogens is 3. The van der Waals surface area contributed by atoms with Crippen LogP contribution in [0.5, 0.6) is 0 Å². The van der Waals surface area contributed by atoms with Gasteiger partial charge in [-0.05, 0) is 36.8 Å². The summed E-state index contributed by atoms with van der Waals surface area (Å²) >= 11 is 5.86. The number of pyridine rings is 1. The highest BCUT2D eigenvalue weighted by Crippen LogP contribution is 2.20. The van der Waals surface area contributed by atoms with Crippen LogP contribution in [0.25, 0.3) is 11.4 Å². The smallest absolute Gasteiger partial charge is 0.287 e. The van der Waals surface area contributed by atoms with Crippen LogP contribution in [-0.4, -0.2) is 26.6 Å². The minimum Gasteiger partial charge on any atom is -0.369 e. The summed E-state index contributed by atoms with van der Waals surface area (Å²) in [5, 5.41) is 18.4. The molecule has 9 heteroatoms. The van der Waals surface area contributed by atoms with Crippen molar-refractivity contribution in [1.29, 1.82) is 0 Å². The molecule has 0 unspecified atom stereocenters. The number of nitro groups is 1. The summed E-state index contributed by atoms with van der Waals surface area (Å²) in [6, 6.07) is 8.63. The van der Waals surface area contributed by atoms with Crippen LogP contribution >= 0.6 is 11.6 Å². The molecule has 0 saturated heterocycles. The average Bonchev–Trinajstić information content (AvgIpc) is 3.05. The van der Waals surface area contributed by atoms with Gasteiger partial charge in [0.15, 0.2) is 0 Å². The van der Waals surface area contributed by atoms with Crippen LogP contribution in [0, 0.1) is 17.0 Å². The van der Waals surface area contributed by atoms with Crippen molar-refractivity contribution in [2.75, 3.05) is 11.9 Å². The molecule has 8 nitrogen and oxygen atoms in total. The summed E-state index contributed by atoms with van der Waals surface area (Å²) in [4.78, 5) is 18.6. The maximum absolute atomic E-state index is 10.7. The standard InChI is InChI=1S/C16H14ClN5O3/c1-10-8-13(22(23)24)9-19-15(10)18-7-6-14-20-16(21-25-14)11-2-4-12(17)5-3-11/h2-5,8-9H,6-7H2,1H3,(H,18,19). The number of hydrogen-bond donors (Lipinski definition) is 1. The molecular formula is C16H14ClN5O3. The zero-order valence-corrected chi connectivity index (χ0v) is 14.0. The van der Waals surface area contributed by atoms with Crippen molar-refractivity contribution < 1.29 is 9.45 Å². The molecule has 1 aromatic carbocycles. The van der Waals surface area contributed by atoms with Gasteiger partial charge in [-0.3, -0.25) is 10.1 Å². The molecule has 25 heavy (non-hydrogen) atoms. The third-order valence-electron chi connectivity index (χ3n) is 3.48. The Morgan fingerprint density at radius 3 is 2.76 bits per heavy atom. The van der Waals surface area contributed by atoms with E-state index < -0.39 is 4.92 Å². The quantitative estimate of drug-likeness (QED) is 0.528. The first-order valence-corrected chi connectivity index (χ1v) is 7.84. The maximum Gasteiger partial charge on any atom is 0.287 e. The van der Waals surface area contributed by atoms with Gasteiger partial charge in [0.2, 0.25) is 11.7 Å². The molecule has 0 aliphatic rings. The maximum atomic E-state index is 10.7. The third-order valence-corrected chi connectivity index (χ3v) is 3.73. The van der Waals surface area contributed by atoms with Crippen molar-refractivity contribution in [2.24, 2.45) is 0 Å². The second kappa shape index (κ2) is 7.27. The minimum atomic E-state index is -0.472. The predicted octanol–water partition coefficient (Wildman–Crippen LogP) is 3.66. The minimum absolute atomic E-state index is 0.0347. The monoisotopic (exact) mass is 359 g/mol. The molecule has 2 heterocycles. The molecule has 0 aliphatic heterocycles. The fraction of sp³-hybridized carbons (Fsp3) is 0.188. The summed E-state index contributed by atoms with van der Waals surface area (Å²) in [6.07, 6.45) is 1.72. The van der Waals surface area contributed by atoms with Gasteiger partial charge in [-0.1, -0.05) is 16.8 Å². The topological polar surface area (TPSA) is 107 Å². The van der Waals surface area contributed by atoms with Crippen molar-refractivity contribution in [3.8, 4) is 11.4 Å². The Balaban J connectivity index is 1.59. The van der Waals surface area contributed by atoms with E-state index in [0.717, 1.165) is 5.56 Å². The van der Waals surface area contributed by atoms with Gasteiger partial charge in [0.1, 0.15) is 12.0 Å². The first-order chi connectivity index (χ1) is 12.0. The number of halogens is 1. The Labute approximate surface area is 148 Å². The van der Waals surface area contributed by atoms with Gasteiger partial charge in [-0.2, -0.15) is 4.98 Å². The highest BCUT2D eigenvalue weighted by atomic mass is 35.5. The lowest BCUT2D eigenvalue weighted by Crippen LogP contribution is -2.08. The van der Waals surface area contributed by atoms with Gasteiger partial charge in [0.05, 0.1) is 4.92 Å². The molecule has 0 radical (unpaired) electrons. The van der Waals surface area contributed by atoms with E-state index in [2.05, 4.69) is 20.4 Å². The van der Waals surface area contributed by atoms with E-state index in [1.165, 1.54) is 12.3 Å². The van der Waals surface area contributed by atoms with Crippen LogP contribution in [-0.2, 0) is 6.42 Å². The number of hydrogen-bond acceptors (Lipinski definition) is 7. The lowest BCUT2D eigenvalue weighted by Gasteiger charge is -2.06. The van der Waals surface area contributed by atoms with E-state index in [4.69, 9.17) is 16.1 Å². The number of nitrogens with one attached hydrogen (secondary N) is 1. The van der Waals surface area contributed by atoms with Crippen molar-refractivity contribution in [3.63, 3.8) is 0 Å². The van der Waals surface area contributed by atoms with Crippen LogP contribution in [0.4, 0.5) is 11.5 Å². The molecule has 0 saturated carbocycles. The number of nitrogens with zero attached hydrogens (tertiary/aromatic N) is 4. The lowest BCUT2D eigenvalue weighted by atomic mass is 10.2. The summed E-state index contributed by atoms with van der Waals surface area (Å²) in [7, 11) is 0. The van der Waals surface area contributed by atoms with Crippen LogP contribution in [0.15, 0.2) is 41.1 Å². The van der Waals surface area contributed by atoms with Gasteiger partial charge in [-0.25, -0.2) is 4.98 Å². The Morgan fingerprint density at radius 1 is 1.32 bits per heavy atom. The second-order valence-corrected chi connectivity index (χ2v) is 5.75. The highest BCUT2D eigenvalue weighted by molar-refractivity contribution is 6.30. The summed E-state index contributed by atoms with van der Waals surface area (Å²) < 4.78 is 5.22. The van der Waals surface area contributed by atoms with Crippen molar-refractivity contribution in [3.05, 3.63) is 63.1 Å². The molecule has 128 valence electrons. The molecule has 3 aromatic rings. The Hall–Kier alpha value is -3.00. The molecular weight excluding hydrogens is 346 g/mol. The van der Waals surface area contributed by atoms with Crippen molar-refractivity contribution in [1.82, 2.24) is 15.1 Å². The number of benzene rings is 1. The zero-order chi connectivity index (χ0) is 17.8. The summed E-state index contributed by atoms with van der Waals surface area (Å²) in [6.45, 7) is 2.27. The number of rotatable bonds is 6. The Morgan fingerprint density at radius 2 is 2.08 bits per heavy atom.